The molecule has 0 aromatic carbocycles. The van der Waals surface area contributed by atoms with Gasteiger partial charge in [-0.2, -0.15) is 0 Å². The van der Waals surface area contributed by atoms with E-state index >= 15 is 0 Å². The summed E-state index contributed by atoms with van der Waals surface area (Å²) in [4.78, 5) is 37.3. The molecule has 0 bridgehead atoms. The molecule has 0 aromatic rings. The Morgan fingerprint density at radius 1 is 1.38 bits per heavy atom. The largest absolute Gasteiger partial charge is 0.381 e. The van der Waals surface area contributed by atoms with E-state index in [0.717, 1.165) is 0 Å². The summed E-state index contributed by atoms with van der Waals surface area (Å²) < 4.78 is 5.18. The lowest BCUT2D eigenvalue weighted by Gasteiger charge is -2.32. The number of amides is 3. The van der Waals surface area contributed by atoms with Gasteiger partial charge in [-0.1, -0.05) is 0 Å². The van der Waals surface area contributed by atoms with Crippen LogP contribution in [0.15, 0.2) is 0 Å². The highest BCUT2D eigenvalue weighted by atomic mass is 35.5. The van der Waals surface area contributed by atoms with Crippen LogP contribution in [0.3, 0.4) is 0 Å². The predicted octanol–water partition coefficient (Wildman–Crippen LogP) is -0.432. The molecule has 3 N–H and O–H groups in total. The minimum atomic E-state index is -1.01. The summed E-state index contributed by atoms with van der Waals surface area (Å²) >= 11 is 0. The van der Waals surface area contributed by atoms with E-state index in [1.165, 1.54) is 4.90 Å². The van der Waals surface area contributed by atoms with E-state index in [-0.39, 0.29) is 42.6 Å². The van der Waals surface area contributed by atoms with Gasteiger partial charge in [-0.05, 0) is 26.7 Å². The Labute approximate surface area is 130 Å². The highest BCUT2D eigenvalue weighted by Crippen LogP contribution is 2.20. The second-order valence-electron chi connectivity index (χ2n) is 5.69. The van der Waals surface area contributed by atoms with Crippen molar-refractivity contribution in [2.45, 2.75) is 50.7 Å². The maximum atomic E-state index is 12.2. The number of likely N-dealkylation sites (tertiary alicyclic amines) is 1. The lowest BCUT2D eigenvalue weighted by Crippen LogP contribution is -2.59. The fourth-order valence-electron chi connectivity index (χ4n) is 2.57. The molecule has 0 aromatic heterocycles. The van der Waals surface area contributed by atoms with Crippen LogP contribution in [0.2, 0.25) is 0 Å². The van der Waals surface area contributed by atoms with E-state index in [4.69, 9.17) is 10.5 Å². The Morgan fingerprint density at radius 3 is 2.43 bits per heavy atom. The monoisotopic (exact) mass is 319 g/mol. The number of nitrogens with zero attached hydrogens (tertiary/aromatic N) is 1. The van der Waals surface area contributed by atoms with E-state index in [1.54, 1.807) is 13.8 Å². The fraction of sp³-hybridized carbons (Fsp3) is 0.769. The van der Waals surface area contributed by atoms with Gasteiger partial charge in [-0.25, -0.2) is 0 Å². The maximum Gasteiger partial charge on any atom is 0.252 e. The van der Waals surface area contributed by atoms with Crippen molar-refractivity contribution in [3.8, 4) is 0 Å². The van der Waals surface area contributed by atoms with Crippen LogP contribution >= 0.6 is 12.4 Å². The lowest BCUT2D eigenvalue weighted by molar-refractivity contribution is -0.142. The number of halogens is 1. The van der Waals surface area contributed by atoms with Gasteiger partial charge < -0.3 is 15.8 Å². The zero-order valence-corrected chi connectivity index (χ0v) is 13.1. The van der Waals surface area contributed by atoms with Gasteiger partial charge in [0.15, 0.2) is 0 Å². The minimum absolute atomic E-state index is 0. The smallest absolute Gasteiger partial charge is 0.252 e. The molecule has 7 nitrogen and oxygen atoms in total. The third-order valence-corrected chi connectivity index (χ3v) is 3.84. The molecule has 2 fully saturated rings. The van der Waals surface area contributed by atoms with Crippen molar-refractivity contribution in [1.29, 1.82) is 0 Å². The molecule has 2 aliphatic heterocycles. The van der Waals surface area contributed by atoms with Crippen LogP contribution in [0, 0.1) is 0 Å². The molecular weight excluding hydrogens is 298 g/mol. The van der Waals surface area contributed by atoms with Gasteiger partial charge in [0.2, 0.25) is 11.8 Å². The SMILES string of the molecule is CC(C)N1C(=O)CC(NC(=O)C2(N)CCOCC2)C1=O.Cl. The van der Waals surface area contributed by atoms with Crippen LogP contribution in [0.4, 0.5) is 0 Å². The maximum absolute atomic E-state index is 12.2. The minimum Gasteiger partial charge on any atom is -0.381 e. The molecular formula is C13H22ClN3O4. The Balaban J connectivity index is 0.00000220. The molecule has 2 saturated heterocycles. The number of hydrogen-bond acceptors (Lipinski definition) is 5. The van der Waals surface area contributed by atoms with E-state index in [2.05, 4.69) is 5.32 Å². The van der Waals surface area contributed by atoms with Crippen LogP contribution < -0.4 is 11.1 Å². The molecule has 2 rings (SSSR count). The van der Waals surface area contributed by atoms with Crippen LogP contribution in [0.1, 0.15) is 33.1 Å². The number of imide groups is 1. The summed E-state index contributed by atoms with van der Waals surface area (Å²) in [6, 6.07) is -0.993. The third kappa shape index (κ3) is 3.53. The summed E-state index contributed by atoms with van der Waals surface area (Å²) in [6.07, 6.45) is 0.846. The summed E-state index contributed by atoms with van der Waals surface area (Å²) in [5.41, 5.74) is 5.05. The first-order valence-corrected chi connectivity index (χ1v) is 6.88. The summed E-state index contributed by atoms with van der Waals surface area (Å²) in [6.45, 7) is 4.39. The first-order chi connectivity index (χ1) is 9.35. The van der Waals surface area contributed by atoms with Gasteiger partial charge in [0.05, 0.1) is 12.0 Å². The van der Waals surface area contributed by atoms with Gasteiger partial charge in [0, 0.05) is 19.3 Å². The number of nitrogens with one attached hydrogen (secondary N) is 1. The van der Waals surface area contributed by atoms with Gasteiger partial charge >= 0.3 is 0 Å². The van der Waals surface area contributed by atoms with Crippen molar-refractivity contribution in [1.82, 2.24) is 10.2 Å². The molecule has 8 heteroatoms. The molecule has 0 saturated carbocycles. The second kappa shape index (κ2) is 6.72. The van der Waals surface area contributed by atoms with Crippen LogP contribution in [-0.4, -0.2) is 53.5 Å². The van der Waals surface area contributed by atoms with E-state index in [1.807, 2.05) is 0 Å². The second-order valence-corrected chi connectivity index (χ2v) is 5.69. The van der Waals surface area contributed by atoms with Crippen molar-refractivity contribution in [3.05, 3.63) is 0 Å². The quantitative estimate of drug-likeness (QED) is 0.687. The van der Waals surface area contributed by atoms with Crippen molar-refractivity contribution < 1.29 is 19.1 Å². The zero-order chi connectivity index (χ0) is 14.9. The third-order valence-electron chi connectivity index (χ3n) is 3.84. The van der Waals surface area contributed by atoms with E-state index in [9.17, 15) is 14.4 Å². The van der Waals surface area contributed by atoms with Crippen molar-refractivity contribution in [2.75, 3.05) is 13.2 Å². The Kier molecular flexibility index (Phi) is 5.72. The summed E-state index contributed by atoms with van der Waals surface area (Å²) in [7, 11) is 0. The number of ether oxygens (including phenoxy) is 1. The first kappa shape index (κ1) is 17.9. The fourth-order valence-corrected chi connectivity index (χ4v) is 2.57. The molecule has 0 aliphatic carbocycles. The highest BCUT2D eigenvalue weighted by Gasteiger charge is 2.44. The molecule has 1 atom stereocenters. The van der Waals surface area contributed by atoms with Crippen molar-refractivity contribution in [2.24, 2.45) is 5.73 Å². The average molecular weight is 320 g/mol. The lowest BCUT2D eigenvalue weighted by atomic mass is 9.90. The Hall–Kier alpha value is -1.18. The normalized spacial score (nSPS) is 25.0. The predicted molar refractivity (Wildman–Crippen MR) is 77.8 cm³/mol. The standard InChI is InChI=1S/C13H21N3O4.ClH/c1-8(2)16-10(17)7-9(11(16)18)15-12(19)13(14)3-5-20-6-4-13;/h8-9H,3-7,14H2,1-2H3,(H,15,19);1H. The van der Waals surface area contributed by atoms with Crippen LogP contribution in [0.5, 0.6) is 0 Å². The average Bonchev–Trinajstić information content (AvgIpc) is 2.65. The van der Waals surface area contributed by atoms with Crippen LogP contribution in [0.25, 0.3) is 0 Å². The van der Waals surface area contributed by atoms with Gasteiger partial charge in [0.25, 0.3) is 5.91 Å². The van der Waals surface area contributed by atoms with Gasteiger partial charge in [-0.15, -0.1) is 12.4 Å². The number of nitrogens with two attached hydrogens (primary N) is 1. The number of hydrogen-bond donors (Lipinski definition) is 2. The molecule has 3 amide bonds. The van der Waals surface area contributed by atoms with E-state index in [0.29, 0.717) is 26.1 Å². The molecule has 1 unspecified atom stereocenters. The molecule has 0 radical (unpaired) electrons. The molecule has 120 valence electrons. The highest BCUT2D eigenvalue weighted by molar-refractivity contribution is 6.07. The molecule has 21 heavy (non-hydrogen) atoms. The number of rotatable bonds is 3. The number of carbonyl (C=O) groups is 3. The van der Waals surface area contributed by atoms with Crippen molar-refractivity contribution in [3.63, 3.8) is 0 Å². The van der Waals surface area contributed by atoms with Gasteiger partial charge in [-0.3, -0.25) is 19.3 Å². The zero-order valence-electron chi connectivity index (χ0n) is 12.3. The summed E-state index contributed by atoms with van der Waals surface area (Å²) in [5.74, 6) is -0.986. The van der Waals surface area contributed by atoms with Crippen molar-refractivity contribution >= 4 is 30.1 Å². The molecule has 2 heterocycles. The van der Waals surface area contributed by atoms with Crippen LogP contribution in [-0.2, 0) is 19.1 Å². The Morgan fingerprint density at radius 2 is 1.95 bits per heavy atom. The molecule has 2 aliphatic rings. The molecule has 0 spiro atoms. The van der Waals surface area contributed by atoms with Gasteiger partial charge in [0.1, 0.15) is 6.04 Å². The first-order valence-electron chi connectivity index (χ1n) is 6.88. The summed E-state index contributed by atoms with van der Waals surface area (Å²) in [5, 5.41) is 2.62. The van der Waals surface area contributed by atoms with E-state index < -0.39 is 11.6 Å². The number of carbonyl (C=O) groups excluding carboxylic acids is 3. The Bertz CT molecular complexity index is 435. The topological polar surface area (TPSA) is 102 Å².